The molecule has 0 aromatic heterocycles. The van der Waals surface area contributed by atoms with E-state index in [0.717, 1.165) is 77.0 Å². The van der Waals surface area contributed by atoms with E-state index in [1.165, 1.54) is 0 Å². The van der Waals surface area contributed by atoms with Crippen LogP contribution < -0.4 is 0 Å². The molecule has 4 unspecified atom stereocenters. The summed E-state index contributed by atoms with van der Waals surface area (Å²) in [5.74, 6) is -7.41. The minimum Gasteiger partial charge on any atom is -0.481 e. The zero-order valence-corrected chi connectivity index (χ0v) is 22.2. The first-order valence-electron chi connectivity index (χ1n) is 14.0. The largest absolute Gasteiger partial charge is 0.481 e. The predicted octanol–water partition coefficient (Wildman–Crippen LogP) is 6.32. The first kappa shape index (κ1) is 31.9. The Bertz CT molecular complexity index is 605. The van der Waals surface area contributed by atoms with Crippen LogP contribution in [0, 0.1) is 35.5 Å². The van der Waals surface area contributed by atoms with Crippen molar-refractivity contribution < 1.29 is 39.6 Å². The maximum absolute atomic E-state index is 11.5. The highest BCUT2D eigenvalue weighted by atomic mass is 16.4. The van der Waals surface area contributed by atoms with Crippen LogP contribution >= 0.6 is 0 Å². The Morgan fingerprint density at radius 3 is 1.17 bits per heavy atom. The Morgan fingerprint density at radius 2 is 0.889 bits per heavy atom. The van der Waals surface area contributed by atoms with E-state index in [2.05, 4.69) is 13.8 Å². The van der Waals surface area contributed by atoms with Gasteiger partial charge in [-0.2, -0.15) is 0 Å². The predicted molar refractivity (Wildman–Crippen MR) is 137 cm³/mol. The van der Waals surface area contributed by atoms with Crippen LogP contribution in [0.2, 0.25) is 0 Å². The van der Waals surface area contributed by atoms with Crippen molar-refractivity contribution in [1.29, 1.82) is 0 Å². The van der Waals surface area contributed by atoms with Crippen LogP contribution in [0.3, 0.4) is 0 Å². The maximum atomic E-state index is 11.5. The number of carbonyl (C=O) groups is 4. The zero-order chi connectivity index (χ0) is 27.1. The summed E-state index contributed by atoms with van der Waals surface area (Å²) in [5, 5.41) is 37.6. The summed E-state index contributed by atoms with van der Waals surface area (Å²) >= 11 is 0. The van der Waals surface area contributed by atoms with Gasteiger partial charge in [-0.05, 0) is 62.2 Å². The van der Waals surface area contributed by atoms with Crippen molar-refractivity contribution in [3.05, 3.63) is 0 Å². The standard InChI is InChI=1S/C28H48O8/c1-3-5-7-9-11-19-13-14-20(12-10-8-6-4-2)22(16-18-24(27(33)34)28(35)36)21(19)15-17-23(25(29)30)26(31)32/h19-24H,3-18H2,1-2H3,(H,29,30)(H,31,32)(H,33,34)(H,35,36). The van der Waals surface area contributed by atoms with Crippen molar-refractivity contribution in [2.24, 2.45) is 35.5 Å². The fourth-order valence-electron chi connectivity index (χ4n) is 6.26. The maximum Gasteiger partial charge on any atom is 0.317 e. The van der Waals surface area contributed by atoms with Gasteiger partial charge in [0.05, 0.1) is 0 Å². The molecule has 0 radical (unpaired) electrons. The molecular weight excluding hydrogens is 464 g/mol. The summed E-state index contributed by atoms with van der Waals surface area (Å²) in [7, 11) is 0. The summed E-state index contributed by atoms with van der Waals surface area (Å²) in [6.07, 6.45) is 14.0. The number of carboxylic acids is 4. The van der Waals surface area contributed by atoms with Crippen molar-refractivity contribution in [3.8, 4) is 0 Å². The average Bonchev–Trinajstić information content (AvgIpc) is 2.80. The van der Waals surface area contributed by atoms with Crippen molar-refractivity contribution in [2.45, 2.75) is 117 Å². The summed E-state index contributed by atoms with van der Waals surface area (Å²) in [4.78, 5) is 46.2. The molecule has 0 aromatic rings. The van der Waals surface area contributed by atoms with Gasteiger partial charge in [0.25, 0.3) is 0 Å². The first-order chi connectivity index (χ1) is 17.1. The molecular formula is C28H48O8. The molecule has 0 aliphatic heterocycles. The van der Waals surface area contributed by atoms with Gasteiger partial charge in [-0.1, -0.05) is 78.1 Å². The second-order valence-corrected chi connectivity index (χ2v) is 10.7. The number of carboxylic acid groups (broad SMARTS) is 4. The van der Waals surface area contributed by atoms with Gasteiger partial charge >= 0.3 is 23.9 Å². The van der Waals surface area contributed by atoms with Crippen LogP contribution in [0.4, 0.5) is 0 Å². The molecule has 1 rings (SSSR count). The van der Waals surface area contributed by atoms with Crippen LogP contribution in [0.15, 0.2) is 0 Å². The number of hydrogen-bond acceptors (Lipinski definition) is 4. The molecule has 0 aromatic carbocycles. The number of rotatable bonds is 20. The van der Waals surface area contributed by atoms with Gasteiger partial charge in [0, 0.05) is 0 Å². The molecule has 1 aliphatic rings. The van der Waals surface area contributed by atoms with E-state index in [1.54, 1.807) is 0 Å². The lowest BCUT2D eigenvalue weighted by molar-refractivity contribution is -0.157. The first-order valence-corrected chi connectivity index (χ1v) is 14.0. The van der Waals surface area contributed by atoms with E-state index in [-0.39, 0.29) is 24.7 Å². The third-order valence-corrected chi connectivity index (χ3v) is 8.30. The number of hydrogen-bond donors (Lipinski definition) is 4. The summed E-state index contributed by atoms with van der Waals surface area (Å²) in [6.45, 7) is 4.31. The van der Waals surface area contributed by atoms with E-state index in [0.29, 0.717) is 24.7 Å². The Balaban J connectivity index is 3.15. The van der Waals surface area contributed by atoms with Crippen LogP contribution in [-0.2, 0) is 19.2 Å². The summed E-state index contributed by atoms with van der Waals surface area (Å²) in [6, 6.07) is 0. The molecule has 208 valence electrons. The normalized spacial score (nSPS) is 22.1. The van der Waals surface area contributed by atoms with Gasteiger partial charge < -0.3 is 20.4 Å². The lowest BCUT2D eigenvalue weighted by atomic mass is 9.61. The molecule has 0 spiro atoms. The lowest BCUT2D eigenvalue weighted by Crippen LogP contribution is -2.37. The van der Waals surface area contributed by atoms with Crippen molar-refractivity contribution in [2.75, 3.05) is 0 Å². The SMILES string of the molecule is CCCCCCC1CCC(CCCCCC)C(CCC(C(=O)O)C(=O)O)C1CCC(C(=O)O)C(=O)O. The number of aliphatic carboxylic acids is 4. The molecule has 0 bridgehead atoms. The van der Waals surface area contributed by atoms with E-state index < -0.39 is 35.7 Å². The Hall–Kier alpha value is -2.12. The quantitative estimate of drug-likeness (QED) is 0.109. The van der Waals surface area contributed by atoms with Gasteiger partial charge in [-0.3, -0.25) is 19.2 Å². The van der Waals surface area contributed by atoms with E-state index in [9.17, 15) is 39.6 Å². The Morgan fingerprint density at radius 1 is 0.556 bits per heavy atom. The molecule has 4 atom stereocenters. The molecule has 0 saturated heterocycles. The Kier molecular flexibility index (Phi) is 15.4. The third kappa shape index (κ3) is 10.9. The molecule has 1 saturated carbocycles. The Labute approximate surface area is 215 Å². The monoisotopic (exact) mass is 512 g/mol. The van der Waals surface area contributed by atoms with Crippen LogP contribution in [-0.4, -0.2) is 44.3 Å². The molecule has 1 fully saturated rings. The van der Waals surface area contributed by atoms with Crippen molar-refractivity contribution in [1.82, 2.24) is 0 Å². The van der Waals surface area contributed by atoms with Gasteiger partial charge in [0.2, 0.25) is 0 Å². The lowest BCUT2D eigenvalue weighted by Gasteiger charge is -2.44. The van der Waals surface area contributed by atoms with Gasteiger partial charge in [-0.15, -0.1) is 0 Å². The molecule has 1 aliphatic carbocycles. The molecule has 8 heteroatoms. The summed E-state index contributed by atoms with van der Waals surface area (Å²) < 4.78 is 0. The van der Waals surface area contributed by atoms with Gasteiger partial charge in [0.15, 0.2) is 11.8 Å². The zero-order valence-electron chi connectivity index (χ0n) is 22.2. The highest BCUT2D eigenvalue weighted by molar-refractivity contribution is 5.93. The minimum atomic E-state index is -1.46. The fraction of sp³-hybridized carbons (Fsp3) is 0.857. The topological polar surface area (TPSA) is 149 Å². The second kappa shape index (κ2) is 17.4. The van der Waals surface area contributed by atoms with Crippen LogP contribution in [0.25, 0.3) is 0 Å². The fourth-order valence-corrected chi connectivity index (χ4v) is 6.26. The smallest absolute Gasteiger partial charge is 0.317 e. The van der Waals surface area contributed by atoms with E-state index in [1.807, 2.05) is 0 Å². The van der Waals surface area contributed by atoms with E-state index in [4.69, 9.17) is 0 Å². The highest BCUT2D eigenvalue weighted by Crippen LogP contribution is 2.48. The minimum absolute atomic E-state index is 0.0428. The molecule has 0 heterocycles. The highest BCUT2D eigenvalue weighted by Gasteiger charge is 2.40. The van der Waals surface area contributed by atoms with Gasteiger partial charge in [-0.25, -0.2) is 0 Å². The average molecular weight is 513 g/mol. The summed E-state index contributed by atoms with van der Waals surface area (Å²) in [5.41, 5.74) is 0. The molecule has 36 heavy (non-hydrogen) atoms. The second-order valence-electron chi connectivity index (χ2n) is 10.7. The number of unbranched alkanes of at least 4 members (excludes halogenated alkanes) is 6. The van der Waals surface area contributed by atoms with Crippen LogP contribution in [0.1, 0.15) is 117 Å². The van der Waals surface area contributed by atoms with Crippen molar-refractivity contribution in [3.63, 3.8) is 0 Å². The van der Waals surface area contributed by atoms with Crippen molar-refractivity contribution >= 4 is 23.9 Å². The molecule has 0 amide bonds. The van der Waals surface area contributed by atoms with Gasteiger partial charge in [0.1, 0.15) is 0 Å². The van der Waals surface area contributed by atoms with Crippen LogP contribution in [0.5, 0.6) is 0 Å². The third-order valence-electron chi connectivity index (χ3n) is 8.30. The molecule has 4 N–H and O–H groups in total. The van der Waals surface area contributed by atoms with E-state index >= 15 is 0 Å². The molecule has 8 nitrogen and oxygen atoms in total.